The first-order valence-corrected chi connectivity index (χ1v) is 5.32. The number of aliphatic hydroxyl groups excluding tert-OH is 1. The fourth-order valence-corrected chi connectivity index (χ4v) is 2.43. The average Bonchev–Trinajstić information content (AvgIpc) is 2.02. The molecule has 0 spiro atoms. The van der Waals surface area contributed by atoms with Gasteiger partial charge in [0.1, 0.15) is 5.78 Å². The van der Waals surface area contributed by atoms with E-state index in [9.17, 15) is 9.90 Å². The summed E-state index contributed by atoms with van der Waals surface area (Å²) in [5.74, 6) is -0.000648. The molecule has 0 aromatic heterocycles. The first-order valence-electron chi connectivity index (χ1n) is 5.32. The van der Waals surface area contributed by atoms with Gasteiger partial charge in [0.2, 0.25) is 0 Å². The maximum Gasteiger partial charge on any atom is 0.139 e. The van der Waals surface area contributed by atoms with Crippen LogP contribution in [0.25, 0.3) is 0 Å². The molecule has 1 aliphatic carbocycles. The molecule has 0 saturated heterocycles. The third-order valence-corrected chi connectivity index (χ3v) is 3.16. The Morgan fingerprint density at radius 3 is 2.71 bits per heavy atom. The van der Waals surface area contributed by atoms with E-state index >= 15 is 0 Å². The maximum absolute atomic E-state index is 11.7. The van der Waals surface area contributed by atoms with Crippen LogP contribution in [0.15, 0.2) is 12.2 Å². The highest BCUT2D eigenvalue weighted by molar-refractivity contribution is 5.83. The van der Waals surface area contributed by atoms with E-state index in [-0.39, 0.29) is 17.1 Å². The summed E-state index contributed by atoms with van der Waals surface area (Å²) in [7, 11) is 0. The normalized spacial score (nSPS) is 29.4. The number of rotatable bonds is 2. The van der Waals surface area contributed by atoms with Crippen LogP contribution in [0.3, 0.4) is 0 Å². The zero-order chi connectivity index (χ0) is 10.8. The minimum atomic E-state index is -0.609. The van der Waals surface area contributed by atoms with Crippen LogP contribution in [-0.2, 0) is 4.79 Å². The Labute approximate surface area is 86.0 Å². The van der Waals surface area contributed by atoms with Crippen LogP contribution >= 0.6 is 0 Å². The van der Waals surface area contributed by atoms with Crippen molar-refractivity contribution in [1.29, 1.82) is 0 Å². The molecule has 0 heterocycles. The number of allylic oxidation sites excluding steroid dienone is 1. The zero-order valence-electron chi connectivity index (χ0n) is 9.29. The van der Waals surface area contributed by atoms with Crippen molar-refractivity contribution in [1.82, 2.24) is 0 Å². The van der Waals surface area contributed by atoms with Gasteiger partial charge in [-0.25, -0.2) is 0 Å². The fourth-order valence-electron chi connectivity index (χ4n) is 2.43. The van der Waals surface area contributed by atoms with Crippen molar-refractivity contribution < 1.29 is 9.90 Å². The molecular formula is C12H20O2. The Morgan fingerprint density at radius 2 is 2.21 bits per heavy atom. The molecule has 0 aromatic rings. The summed E-state index contributed by atoms with van der Waals surface area (Å²) in [6, 6.07) is 0. The van der Waals surface area contributed by atoms with E-state index in [1.54, 1.807) is 6.08 Å². The highest BCUT2D eigenvalue weighted by Gasteiger charge is 2.41. The molecule has 0 aliphatic heterocycles. The zero-order valence-corrected chi connectivity index (χ0v) is 9.29. The van der Waals surface area contributed by atoms with Crippen LogP contribution in [0.2, 0.25) is 0 Å². The van der Waals surface area contributed by atoms with Crippen molar-refractivity contribution in [2.45, 2.75) is 46.1 Å². The molecule has 2 heteroatoms. The van der Waals surface area contributed by atoms with Crippen LogP contribution in [0.1, 0.15) is 40.0 Å². The average molecular weight is 196 g/mol. The van der Waals surface area contributed by atoms with Gasteiger partial charge in [0.05, 0.1) is 12.0 Å². The van der Waals surface area contributed by atoms with Gasteiger partial charge in [-0.1, -0.05) is 26.0 Å². The quantitative estimate of drug-likeness (QED) is 0.688. The Morgan fingerprint density at radius 1 is 1.57 bits per heavy atom. The minimum absolute atomic E-state index is 0.0613. The van der Waals surface area contributed by atoms with E-state index in [4.69, 9.17) is 0 Å². The third-order valence-electron chi connectivity index (χ3n) is 3.16. The molecule has 80 valence electrons. The third kappa shape index (κ3) is 2.24. The Kier molecular flexibility index (Phi) is 3.48. The molecular weight excluding hydrogens is 176 g/mol. The number of aliphatic hydroxyl groups is 1. The van der Waals surface area contributed by atoms with Gasteiger partial charge >= 0.3 is 0 Å². The van der Waals surface area contributed by atoms with Gasteiger partial charge in [-0.05, 0) is 25.2 Å². The lowest BCUT2D eigenvalue weighted by molar-refractivity contribution is -0.133. The molecule has 2 atom stereocenters. The SMILES string of the molecule is C/C=C/C(O)C1C(=O)CCCC1(C)C. The fraction of sp³-hybridized carbons (Fsp3) is 0.750. The van der Waals surface area contributed by atoms with Crippen LogP contribution in [0.5, 0.6) is 0 Å². The molecule has 1 rings (SSSR count). The van der Waals surface area contributed by atoms with Crippen molar-refractivity contribution in [3.63, 3.8) is 0 Å². The molecule has 1 N–H and O–H groups in total. The highest BCUT2D eigenvalue weighted by Crippen LogP contribution is 2.40. The predicted octanol–water partition coefficient (Wildman–Crippen LogP) is 2.32. The van der Waals surface area contributed by atoms with Crippen molar-refractivity contribution in [3.05, 3.63) is 12.2 Å². The van der Waals surface area contributed by atoms with E-state index in [0.29, 0.717) is 6.42 Å². The molecule has 0 radical (unpaired) electrons. The van der Waals surface area contributed by atoms with Crippen molar-refractivity contribution >= 4 is 5.78 Å². The maximum atomic E-state index is 11.7. The Balaban J connectivity index is 2.84. The van der Waals surface area contributed by atoms with Gasteiger partial charge < -0.3 is 5.11 Å². The number of hydrogen-bond acceptors (Lipinski definition) is 2. The van der Waals surface area contributed by atoms with Gasteiger partial charge in [-0.15, -0.1) is 0 Å². The lowest BCUT2D eigenvalue weighted by Crippen LogP contribution is -2.42. The second-order valence-corrected chi connectivity index (χ2v) is 4.80. The Bertz CT molecular complexity index is 241. The molecule has 2 nitrogen and oxygen atoms in total. The first kappa shape index (κ1) is 11.4. The lowest BCUT2D eigenvalue weighted by atomic mass is 9.66. The summed E-state index contributed by atoms with van der Waals surface area (Å²) in [5.41, 5.74) is -0.0613. The molecule has 2 unspecified atom stereocenters. The summed E-state index contributed by atoms with van der Waals surface area (Å²) in [5, 5.41) is 9.87. The summed E-state index contributed by atoms with van der Waals surface area (Å²) in [6.45, 7) is 6.01. The van der Waals surface area contributed by atoms with E-state index in [0.717, 1.165) is 12.8 Å². The van der Waals surface area contributed by atoms with Crippen molar-refractivity contribution in [2.24, 2.45) is 11.3 Å². The van der Waals surface area contributed by atoms with Gasteiger partial charge in [-0.2, -0.15) is 0 Å². The van der Waals surface area contributed by atoms with Gasteiger partial charge in [0.15, 0.2) is 0 Å². The monoisotopic (exact) mass is 196 g/mol. The van der Waals surface area contributed by atoms with Crippen molar-refractivity contribution in [2.75, 3.05) is 0 Å². The predicted molar refractivity (Wildman–Crippen MR) is 56.9 cm³/mol. The minimum Gasteiger partial charge on any atom is -0.388 e. The number of carbonyl (C=O) groups excluding carboxylic acids is 1. The van der Waals surface area contributed by atoms with Gasteiger partial charge in [0, 0.05) is 6.42 Å². The van der Waals surface area contributed by atoms with E-state index in [1.807, 2.05) is 13.0 Å². The second-order valence-electron chi connectivity index (χ2n) is 4.80. The molecule has 1 aliphatic rings. The van der Waals surface area contributed by atoms with E-state index in [2.05, 4.69) is 13.8 Å². The summed E-state index contributed by atoms with van der Waals surface area (Å²) in [6.07, 6.45) is 5.53. The van der Waals surface area contributed by atoms with Crippen LogP contribution in [0, 0.1) is 11.3 Å². The van der Waals surface area contributed by atoms with Gasteiger partial charge in [0.25, 0.3) is 0 Å². The molecule has 14 heavy (non-hydrogen) atoms. The van der Waals surface area contributed by atoms with Crippen LogP contribution < -0.4 is 0 Å². The molecule has 1 saturated carbocycles. The number of hydrogen-bond donors (Lipinski definition) is 1. The molecule has 0 bridgehead atoms. The number of carbonyl (C=O) groups is 1. The number of ketones is 1. The molecule has 0 amide bonds. The van der Waals surface area contributed by atoms with Crippen LogP contribution in [-0.4, -0.2) is 17.0 Å². The van der Waals surface area contributed by atoms with Gasteiger partial charge in [-0.3, -0.25) is 4.79 Å². The standard InChI is InChI=1S/C12H20O2/c1-4-6-9(13)11-10(14)7-5-8-12(11,2)3/h4,6,9,11,13H,5,7-8H2,1-3H3/b6-4+. The first-order chi connectivity index (χ1) is 6.49. The second kappa shape index (κ2) is 4.26. The molecule has 0 aromatic carbocycles. The smallest absolute Gasteiger partial charge is 0.139 e. The topological polar surface area (TPSA) is 37.3 Å². The number of Topliss-reactive ketones (excluding diaryl/α,β-unsaturated/α-hetero) is 1. The van der Waals surface area contributed by atoms with Crippen LogP contribution in [0.4, 0.5) is 0 Å². The van der Waals surface area contributed by atoms with Crippen molar-refractivity contribution in [3.8, 4) is 0 Å². The molecule has 1 fully saturated rings. The highest BCUT2D eigenvalue weighted by atomic mass is 16.3. The summed E-state index contributed by atoms with van der Waals surface area (Å²) >= 11 is 0. The summed E-state index contributed by atoms with van der Waals surface area (Å²) < 4.78 is 0. The lowest BCUT2D eigenvalue weighted by Gasteiger charge is -2.39. The van der Waals surface area contributed by atoms with E-state index in [1.165, 1.54) is 0 Å². The van der Waals surface area contributed by atoms with E-state index < -0.39 is 6.10 Å². The Hall–Kier alpha value is -0.630. The summed E-state index contributed by atoms with van der Waals surface area (Å²) in [4.78, 5) is 11.7. The largest absolute Gasteiger partial charge is 0.388 e.